The molecule has 44 heavy (non-hydrogen) atoms. The van der Waals surface area contributed by atoms with Gasteiger partial charge >= 0.3 is 6.18 Å². The number of rotatable bonds is 2. The van der Waals surface area contributed by atoms with Gasteiger partial charge in [0.25, 0.3) is 0 Å². The van der Waals surface area contributed by atoms with E-state index in [9.17, 15) is 48.3 Å². The third-order valence-electron chi connectivity index (χ3n) is 6.54. The topological polar surface area (TPSA) is 0 Å². The first-order chi connectivity index (χ1) is 20.3. The molecule has 5 aromatic rings. The Morgan fingerprint density at radius 3 is 1.05 bits per heavy atom. The van der Waals surface area contributed by atoms with Crippen molar-refractivity contribution in [2.45, 2.75) is 6.18 Å². The average molecular weight is 650 g/mol. The summed E-state index contributed by atoms with van der Waals surface area (Å²) in [5.74, 6) is -39.3. The van der Waals surface area contributed by atoms with Crippen molar-refractivity contribution in [3.8, 4) is 22.3 Å². The van der Waals surface area contributed by atoms with Crippen molar-refractivity contribution in [1.29, 1.82) is 0 Å². The molecule has 0 radical (unpaired) electrons. The van der Waals surface area contributed by atoms with Crippen LogP contribution in [0, 0.1) is 81.4 Å². The Balaban J connectivity index is 2.26. The number of alkyl halides is 3. The van der Waals surface area contributed by atoms with Crippen molar-refractivity contribution in [2.75, 3.05) is 0 Å². The van der Waals surface area contributed by atoms with Crippen molar-refractivity contribution < 1.29 is 74.6 Å². The number of halogens is 17. The molecule has 0 saturated carbocycles. The van der Waals surface area contributed by atoms with Crippen LogP contribution in [0.25, 0.3) is 43.8 Å². The van der Waals surface area contributed by atoms with Gasteiger partial charge in [0, 0.05) is 32.7 Å². The van der Waals surface area contributed by atoms with E-state index in [1.54, 1.807) is 0 Å². The second-order valence-corrected chi connectivity index (χ2v) is 8.89. The monoisotopic (exact) mass is 650 g/mol. The molecule has 5 rings (SSSR count). The Kier molecular flexibility index (Phi) is 7.01. The van der Waals surface area contributed by atoms with Crippen molar-refractivity contribution >= 4 is 21.5 Å². The van der Waals surface area contributed by atoms with Gasteiger partial charge in [-0.05, 0) is 17.7 Å². The summed E-state index contributed by atoms with van der Waals surface area (Å²) in [6.45, 7) is 0. The number of hydrogen-bond acceptors (Lipinski definition) is 0. The highest BCUT2D eigenvalue weighted by Gasteiger charge is 2.44. The second-order valence-electron chi connectivity index (χ2n) is 8.89. The predicted octanol–water partition coefficient (Wildman–Crippen LogP) is 10.3. The molecule has 0 saturated heterocycles. The molecule has 0 atom stereocenters. The van der Waals surface area contributed by atoms with Gasteiger partial charge < -0.3 is 0 Å². The summed E-state index contributed by atoms with van der Waals surface area (Å²) in [5.41, 5.74) is -11.1. The standard InChI is InChI=1S/C27H3F17/c28-5-2-1-4(3-6(5)29)7-9-11(17(32)25(40)23(38)15(9)30)8(12-10(7)16(31)24(39)26(41)18(12)33)13-19(34)21(36)14(27(42,43)44)22(37)20(13)35/h1-3H. The van der Waals surface area contributed by atoms with Gasteiger partial charge in [0.2, 0.25) is 0 Å². The highest BCUT2D eigenvalue weighted by atomic mass is 19.4. The SMILES string of the molecule is Fc1ccc(-c2c3c(F)c(F)c(F)c(F)c3c(-c3c(F)c(F)c(C(F)(F)F)c(F)c3F)c3c(F)c(F)c(F)c(F)c23)cc1F. The molecule has 17 heteroatoms. The number of hydrogen-bond donors (Lipinski definition) is 0. The van der Waals surface area contributed by atoms with E-state index >= 15 is 26.3 Å². The Morgan fingerprint density at radius 1 is 0.341 bits per heavy atom. The molecule has 5 aromatic carbocycles. The fourth-order valence-corrected chi connectivity index (χ4v) is 4.74. The number of benzene rings is 5. The lowest BCUT2D eigenvalue weighted by molar-refractivity contribution is -0.143. The summed E-state index contributed by atoms with van der Waals surface area (Å²) in [6, 6.07) is 0.514. The zero-order valence-electron chi connectivity index (χ0n) is 20.2. The average Bonchev–Trinajstić information content (AvgIpc) is 2.95. The van der Waals surface area contributed by atoms with Gasteiger partial charge in [0.05, 0.1) is 5.56 Å². The Morgan fingerprint density at radius 2 is 0.705 bits per heavy atom. The first-order valence-electron chi connectivity index (χ1n) is 11.2. The van der Waals surface area contributed by atoms with Crippen LogP contribution >= 0.6 is 0 Å². The van der Waals surface area contributed by atoms with E-state index in [1.165, 1.54) is 0 Å². The van der Waals surface area contributed by atoms with Gasteiger partial charge in [0.15, 0.2) is 81.4 Å². The van der Waals surface area contributed by atoms with Crippen LogP contribution in [-0.4, -0.2) is 0 Å². The third kappa shape index (κ3) is 4.07. The first-order valence-corrected chi connectivity index (χ1v) is 11.2. The van der Waals surface area contributed by atoms with Crippen molar-refractivity contribution in [1.82, 2.24) is 0 Å². The molecule has 0 aromatic heterocycles. The Hall–Kier alpha value is -4.57. The zero-order valence-corrected chi connectivity index (χ0v) is 20.2. The lowest BCUT2D eigenvalue weighted by atomic mass is 9.84. The van der Waals surface area contributed by atoms with Crippen LogP contribution in [0.4, 0.5) is 74.6 Å². The molecule has 0 amide bonds. The smallest absolute Gasteiger partial charge is 0.204 e. The van der Waals surface area contributed by atoms with Crippen LogP contribution in [0.3, 0.4) is 0 Å². The quantitative estimate of drug-likeness (QED) is 0.0773. The van der Waals surface area contributed by atoms with Crippen LogP contribution in [0.1, 0.15) is 5.56 Å². The van der Waals surface area contributed by atoms with E-state index in [2.05, 4.69) is 0 Å². The maximum Gasteiger partial charge on any atom is 0.422 e. The largest absolute Gasteiger partial charge is 0.422 e. The van der Waals surface area contributed by atoms with Crippen molar-refractivity contribution in [3.63, 3.8) is 0 Å². The van der Waals surface area contributed by atoms with E-state index in [1.807, 2.05) is 0 Å². The molecule has 0 aliphatic rings. The predicted molar refractivity (Wildman–Crippen MR) is 117 cm³/mol. The van der Waals surface area contributed by atoms with Crippen LogP contribution in [0.2, 0.25) is 0 Å². The first kappa shape index (κ1) is 30.9. The zero-order chi connectivity index (χ0) is 32.9. The van der Waals surface area contributed by atoms with Crippen molar-refractivity contribution in [2.24, 2.45) is 0 Å². The summed E-state index contributed by atoms with van der Waals surface area (Å²) in [7, 11) is 0. The maximum atomic E-state index is 15.4. The normalized spacial score (nSPS) is 12.2. The summed E-state index contributed by atoms with van der Waals surface area (Å²) < 4.78 is 246. The van der Waals surface area contributed by atoms with E-state index in [-0.39, 0.29) is 12.1 Å². The lowest BCUT2D eigenvalue weighted by Crippen LogP contribution is -2.16. The molecule has 0 aliphatic heterocycles. The van der Waals surface area contributed by atoms with Gasteiger partial charge in [-0.3, -0.25) is 0 Å². The highest BCUT2D eigenvalue weighted by Crippen LogP contribution is 2.51. The van der Waals surface area contributed by atoms with Gasteiger partial charge in [-0.2, -0.15) is 13.2 Å². The fraction of sp³-hybridized carbons (Fsp3) is 0.0370. The third-order valence-corrected chi connectivity index (χ3v) is 6.54. The Labute approximate surface area is 230 Å². The van der Waals surface area contributed by atoms with Crippen molar-refractivity contribution in [3.05, 3.63) is 105 Å². The molecule has 0 unspecified atom stereocenters. The van der Waals surface area contributed by atoms with Gasteiger partial charge in [-0.1, -0.05) is 6.07 Å². The van der Waals surface area contributed by atoms with E-state index in [4.69, 9.17) is 0 Å². The highest BCUT2D eigenvalue weighted by molar-refractivity contribution is 6.22. The van der Waals surface area contributed by atoms with Gasteiger partial charge in [-0.25, -0.2) is 61.5 Å². The minimum atomic E-state index is -6.20. The lowest BCUT2D eigenvalue weighted by Gasteiger charge is -2.22. The molecule has 0 fully saturated rings. The van der Waals surface area contributed by atoms with Crippen LogP contribution in [-0.2, 0) is 6.18 Å². The summed E-state index contributed by atoms with van der Waals surface area (Å²) in [6.07, 6.45) is -6.20. The van der Waals surface area contributed by atoms with Crippen LogP contribution in [0.15, 0.2) is 18.2 Å². The Bertz CT molecular complexity index is 1980. The molecule has 0 spiro atoms. The minimum Gasteiger partial charge on any atom is -0.204 e. The molecule has 0 heterocycles. The van der Waals surface area contributed by atoms with E-state index < -0.39 is 137 Å². The molecule has 0 nitrogen and oxygen atoms in total. The second kappa shape index (κ2) is 9.99. The molecule has 0 N–H and O–H groups in total. The maximum absolute atomic E-state index is 15.4. The molecular weight excluding hydrogens is 647 g/mol. The van der Waals surface area contributed by atoms with Gasteiger partial charge in [-0.15, -0.1) is 0 Å². The summed E-state index contributed by atoms with van der Waals surface area (Å²) >= 11 is 0. The van der Waals surface area contributed by atoms with E-state index in [0.717, 1.165) is 0 Å². The van der Waals surface area contributed by atoms with Gasteiger partial charge in [0.1, 0.15) is 5.56 Å². The summed E-state index contributed by atoms with van der Waals surface area (Å²) in [5, 5.41) is -8.49. The summed E-state index contributed by atoms with van der Waals surface area (Å²) in [4.78, 5) is 0. The molecule has 230 valence electrons. The van der Waals surface area contributed by atoms with Crippen LogP contribution in [0.5, 0.6) is 0 Å². The molecule has 0 aliphatic carbocycles. The number of fused-ring (bicyclic) bond motifs is 2. The van der Waals surface area contributed by atoms with E-state index in [0.29, 0.717) is 6.07 Å². The van der Waals surface area contributed by atoms with Crippen LogP contribution < -0.4 is 0 Å². The fourth-order valence-electron chi connectivity index (χ4n) is 4.74. The molecular formula is C27H3F17. The molecule has 0 bridgehead atoms. The minimum absolute atomic E-state index is 0.0148.